The maximum absolute atomic E-state index is 13.4. The molecule has 0 spiro atoms. The average Bonchev–Trinajstić information content (AvgIpc) is 3.13. The highest BCUT2D eigenvalue weighted by atomic mass is 35.5. The molecule has 0 saturated carbocycles. The fraction of sp³-hybridized carbons (Fsp3) is 0.304. The monoisotopic (exact) mass is 457 g/mol. The second-order valence-corrected chi connectivity index (χ2v) is 8.42. The molecule has 0 amide bonds. The molecular formula is C23H25Cl2N5O. The lowest BCUT2D eigenvalue weighted by molar-refractivity contribution is 0.495. The molecule has 2 N–H and O–H groups in total. The van der Waals surface area contributed by atoms with Crippen LogP contribution in [0.5, 0.6) is 0 Å². The summed E-state index contributed by atoms with van der Waals surface area (Å²) in [5, 5.41) is 1.65. The number of hydrogen-bond acceptors (Lipinski definition) is 4. The van der Waals surface area contributed by atoms with Crippen molar-refractivity contribution in [3.05, 3.63) is 69.5 Å². The first-order chi connectivity index (χ1) is 14.5. The van der Waals surface area contributed by atoms with Crippen LogP contribution in [0.15, 0.2) is 53.3 Å². The molecule has 0 unspecified atom stereocenters. The smallest absolute Gasteiger partial charge is 0.277 e. The molecule has 0 radical (unpaired) electrons. The van der Waals surface area contributed by atoms with Crippen LogP contribution >= 0.6 is 24.0 Å². The van der Waals surface area contributed by atoms with Crippen molar-refractivity contribution in [3.63, 3.8) is 0 Å². The van der Waals surface area contributed by atoms with Crippen LogP contribution in [0.3, 0.4) is 0 Å². The zero-order chi connectivity index (χ0) is 20.8. The van der Waals surface area contributed by atoms with Gasteiger partial charge in [0, 0.05) is 36.6 Å². The topological polar surface area (TPSA) is 69.1 Å². The Morgan fingerprint density at radius 1 is 1.16 bits per heavy atom. The molecule has 4 aromatic rings. The Hall–Kier alpha value is -2.54. The number of piperidine rings is 1. The minimum atomic E-state index is -0.0594. The number of aryl methyl sites for hydroxylation is 1. The van der Waals surface area contributed by atoms with Gasteiger partial charge in [-0.2, -0.15) is 0 Å². The van der Waals surface area contributed by atoms with Gasteiger partial charge in [-0.15, -0.1) is 12.4 Å². The number of imidazole rings is 1. The largest absolute Gasteiger partial charge is 0.341 e. The van der Waals surface area contributed by atoms with Crippen molar-refractivity contribution in [2.75, 3.05) is 18.0 Å². The summed E-state index contributed by atoms with van der Waals surface area (Å²) in [6.07, 6.45) is 2.02. The molecule has 2 aromatic carbocycles. The molecule has 3 heterocycles. The minimum Gasteiger partial charge on any atom is -0.341 e. The molecule has 1 aliphatic rings. The standard InChI is InChI=1S/C23H24ClN5O.ClH/c1-27-19-11-5-3-9-17(19)20-21(22(27)30)29(13-15-7-2-4-10-18(15)24)23(26-20)28-12-6-8-16(25)14-28;/h2-5,7,9-11,16H,6,8,12-14,25H2,1H3;1H/t16-;/m1./s1. The highest BCUT2D eigenvalue weighted by Gasteiger charge is 2.25. The first-order valence-electron chi connectivity index (χ1n) is 10.3. The highest BCUT2D eigenvalue weighted by molar-refractivity contribution is 6.31. The first-order valence-corrected chi connectivity index (χ1v) is 10.6. The Morgan fingerprint density at radius 3 is 2.68 bits per heavy atom. The Kier molecular flexibility index (Phi) is 5.97. The van der Waals surface area contributed by atoms with Gasteiger partial charge < -0.3 is 19.8 Å². The van der Waals surface area contributed by atoms with Gasteiger partial charge in [0.15, 0.2) is 0 Å². The van der Waals surface area contributed by atoms with E-state index in [-0.39, 0.29) is 24.0 Å². The number of rotatable bonds is 3. The minimum absolute atomic E-state index is 0. The van der Waals surface area contributed by atoms with Gasteiger partial charge in [0.25, 0.3) is 5.56 Å². The predicted octanol–water partition coefficient (Wildman–Crippen LogP) is 3.94. The van der Waals surface area contributed by atoms with E-state index < -0.39 is 0 Å². The molecule has 2 aromatic heterocycles. The number of fused-ring (bicyclic) bond motifs is 3. The summed E-state index contributed by atoms with van der Waals surface area (Å²) in [6, 6.07) is 15.8. The number of pyridine rings is 1. The quantitative estimate of drug-likeness (QED) is 0.505. The summed E-state index contributed by atoms with van der Waals surface area (Å²) >= 11 is 6.47. The van der Waals surface area contributed by atoms with Gasteiger partial charge in [-0.05, 0) is 30.5 Å². The van der Waals surface area contributed by atoms with Crippen LogP contribution in [0.4, 0.5) is 5.95 Å². The van der Waals surface area contributed by atoms with Gasteiger partial charge in [0.2, 0.25) is 5.95 Å². The lowest BCUT2D eigenvalue weighted by atomic mass is 10.1. The summed E-state index contributed by atoms with van der Waals surface area (Å²) in [5.41, 5.74) is 9.37. The molecule has 0 aliphatic carbocycles. The van der Waals surface area contributed by atoms with Crippen molar-refractivity contribution in [2.24, 2.45) is 12.8 Å². The van der Waals surface area contributed by atoms with Crippen LogP contribution in [0.1, 0.15) is 18.4 Å². The summed E-state index contributed by atoms with van der Waals surface area (Å²) in [7, 11) is 1.81. The van der Waals surface area contributed by atoms with Crippen molar-refractivity contribution in [3.8, 4) is 0 Å². The van der Waals surface area contributed by atoms with E-state index in [1.165, 1.54) is 0 Å². The summed E-state index contributed by atoms with van der Waals surface area (Å²) in [5.74, 6) is 0.786. The number of aromatic nitrogens is 3. The molecule has 5 rings (SSSR count). The summed E-state index contributed by atoms with van der Waals surface area (Å²) in [4.78, 5) is 20.6. The van der Waals surface area contributed by atoms with Crippen LogP contribution in [0, 0.1) is 0 Å². The molecule has 1 fully saturated rings. The van der Waals surface area contributed by atoms with Crippen molar-refractivity contribution in [1.82, 2.24) is 14.1 Å². The third kappa shape index (κ3) is 3.69. The van der Waals surface area contributed by atoms with Gasteiger partial charge >= 0.3 is 0 Å². The molecule has 1 aliphatic heterocycles. The summed E-state index contributed by atoms with van der Waals surface area (Å²) < 4.78 is 3.72. The number of benzene rings is 2. The number of anilines is 1. The number of nitrogens with zero attached hydrogens (tertiary/aromatic N) is 4. The average molecular weight is 458 g/mol. The SMILES string of the molecule is Cl.Cn1c(=O)c2c(nc(N3CCC[C@@H](N)C3)n2Cc2ccccc2Cl)c2ccccc21. The lowest BCUT2D eigenvalue weighted by Gasteiger charge is -2.32. The number of nitrogens with two attached hydrogens (primary N) is 1. The van der Waals surface area contributed by atoms with E-state index in [2.05, 4.69) is 4.90 Å². The van der Waals surface area contributed by atoms with E-state index in [1.807, 2.05) is 60.1 Å². The van der Waals surface area contributed by atoms with E-state index >= 15 is 0 Å². The molecule has 6 nitrogen and oxygen atoms in total. The maximum Gasteiger partial charge on any atom is 0.277 e. The lowest BCUT2D eigenvalue weighted by Crippen LogP contribution is -2.44. The van der Waals surface area contributed by atoms with Crippen molar-refractivity contribution in [2.45, 2.75) is 25.4 Å². The molecule has 1 atom stereocenters. The second-order valence-electron chi connectivity index (χ2n) is 8.02. The van der Waals surface area contributed by atoms with Crippen LogP contribution in [-0.4, -0.2) is 33.2 Å². The van der Waals surface area contributed by atoms with Gasteiger partial charge in [-0.3, -0.25) is 4.79 Å². The summed E-state index contributed by atoms with van der Waals surface area (Å²) in [6.45, 7) is 2.08. The van der Waals surface area contributed by atoms with Gasteiger partial charge in [0.05, 0.1) is 12.1 Å². The van der Waals surface area contributed by atoms with E-state index in [4.69, 9.17) is 22.3 Å². The van der Waals surface area contributed by atoms with Crippen LogP contribution < -0.4 is 16.2 Å². The molecular weight excluding hydrogens is 433 g/mol. The van der Waals surface area contributed by atoms with E-state index in [9.17, 15) is 4.79 Å². The number of para-hydroxylation sites is 1. The van der Waals surface area contributed by atoms with Crippen LogP contribution in [0.25, 0.3) is 21.9 Å². The van der Waals surface area contributed by atoms with E-state index in [0.717, 1.165) is 53.9 Å². The molecule has 8 heteroatoms. The van der Waals surface area contributed by atoms with E-state index in [0.29, 0.717) is 17.1 Å². The molecule has 1 saturated heterocycles. The zero-order valence-corrected chi connectivity index (χ0v) is 18.9. The third-order valence-corrected chi connectivity index (χ3v) is 6.37. The van der Waals surface area contributed by atoms with E-state index in [1.54, 1.807) is 4.57 Å². The fourth-order valence-corrected chi connectivity index (χ4v) is 4.66. The zero-order valence-electron chi connectivity index (χ0n) is 17.3. The number of halogens is 2. The third-order valence-electron chi connectivity index (χ3n) is 6.00. The van der Waals surface area contributed by atoms with Gasteiger partial charge in [-0.1, -0.05) is 48.0 Å². The normalized spacial score (nSPS) is 16.6. The molecule has 0 bridgehead atoms. The number of hydrogen-bond donors (Lipinski definition) is 1. The Balaban J connectivity index is 0.00000231. The Labute approximate surface area is 191 Å². The second kappa shape index (κ2) is 8.54. The van der Waals surface area contributed by atoms with Crippen molar-refractivity contribution >= 4 is 51.9 Å². The molecule has 162 valence electrons. The fourth-order valence-electron chi connectivity index (χ4n) is 4.46. The van der Waals surface area contributed by atoms with Crippen LogP contribution in [0.2, 0.25) is 5.02 Å². The van der Waals surface area contributed by atoms with Crippen molar-refractivity contribution in [1.29, 1.82) is 0 Å². The molecule has 31 heavy (non-hydrogen) atoms. The van der Waals surface area contributed by atoms with Crippen molar-refractivity contribution < 1.29 is 0 Å². The maximum atomic E-state index is 13.4. The predicted molar refractivity (Wildman–Crippen MR) is 130 cm³/mol. The first kappa shape index (κ1) is 21.7. The van der Waals surface area contributed by atoms with Gasteiger partial charge in [-0.25, -0.2) is 4.98 Å². The highest BCUT2D eigenvalue weighted by Crippen LogP contribution is 2.30. The Bertz CT molecular complexity index is 1310. The van der Waals surface area contributed by atoms with Crippen LogP contribution in [-0.2, 0) is 13.6 Å². The van der Waals surface area contributed by atoms with Gasteiger partial charge in [0.1, 0.15) is 11.0 Å². The Morgan fingerprint density at radius 2 is 1.90 bits per heavy atom.